The van der Waals surface area contributed by atoms with Gasteiger partial charge in [0.15, 0.2) is 0 Å². The SMILES string of the molecule is C=CC(=C)CSN1C(=O)c2ccccc2C1=O. The lowest BCUT2D eigenvalue weighted by Crippen LogP contribution is -2.22. The van der Waals surface area contributed by atoms with Crippen molar-refractivity contribution in [1.29, 1.82) is 0 Å². The predicted octanol–water partition coefficient (Wildman–Crippen LogP) is 2.67. The molecule has 0 aliphatic carbocycles. The van der Waals surface area contributed by atoms with Gasteiger partial charge in [-0.15, -0.1) is 0 Å². The number of carbonyl (C=O) groups is 2. The lowest BCUT2D eigenvalue weighted by molar-refractivity contribution is 0.0777. The zero-order valence-electron chi connectivity index (χ0n) is 9.18. The van der Waals surface area contributed by atoms with Gasteiger partial charge in [0, 0.05) is 5.75 Å². The zero-order chi connectivity index (χ0) is 12.4. The third-order valence-corrected chi connectivity index (χ3v) is 3.51. The summed E-state index contributed by atoms with van der Waals surface area (Å²) in [5.74, 6) is -0.0328. The Balaban J connectivity index is 2.19. The average Bonchev–Trinajstić information content (AvgIpc) is 2.60. The first-order valence-corrected chi connectivity index (χ1v) is 6.00. The second-order valence-corrected chi connectivity index (χ2v) is 4.50. The normalized spacial score (nSPS) is 13.8. The van der Waals surface area contributed by atoms with Crippen LogP contribution in [0.3, 0.4) is 0 Å². The summed E-state index contributed by atoms with van der Waals surface area (Å²) in [5.41, 5.74) is 1.72. The molecule has 0 saturated carbocycles. The maximum Gasteiger partial charge on any atom is 0.271 e. The highest BCUT2D eigenvalue weighted by Crippen LogP contribution is 2.28. The number of nitrogens with zero attached hydrogens (tertiary/aromatic N) is 1. The van der Waals surface area contributed by atoms with Crippen LogP contribution in [0, 0.1) is 0 Å². The molecule has 0 saturated heterocycles. The molecule has 2 amide bonds. The van der Waals surface area contributed by atoms with E-state index in [9.17, 15) is 9.59 Å². The number of allylic oxidation sites excluding steroid dienone is 1. The number of hydrogen-bond donors (Lipinski definition) is 0. The molecule has 4 heteroatoms. The van der Waals surface area contributed by atoms with E-state index in [-0.39, 0.29) is 11.8 Å². The third kappa shape index (κ3) is 2.03. The van der Waals surface area contributed by atoms with Gasteiger partial charge in [-0.25, -0.2) is 4.31 Å². The fraction of sp³-hybridized carbons (Fsp3) is 0.0769. The van der Waals surface area contributed by atoms with Gasteiger partial charge in [-0.3, -0.25) is 9.59 Å². The lowest BCUT2D eigenvalue weighted by Gasteiger charge is -2.11. The van der Waals surface area contributed by atoms with E-state index >= 15 is 0 Å². The van der Waals surface area contributed by atoms with Crippen molar-refractivity contribution in [2.45, 2.75) is 0 Å². The summed E-state index contributed by atoms with van der Waals surface area (Å²) in [6.45, 7) is 7.33. The molecule has 86 valence electrons. The second-order valence-electron chi connectivity index (χ2n) is 3.59. The molecule has 0 fully saturated rings. The topological polar surface area (TPSA) is 37.4 Å². The van der Waals surface area contributed by atoms with Crippen molar-refractivity contribution >= 4 is 23.8 Å². The number of imide groups is 1. The molecule has 1 aromatic carbocycles. The molecule has 1 heterocycles. The van der Waals surface area contributed by atoms with E-state index in [1.54, 1.807) is 30.3 Å². The van der Waals surface area contributed by atoms with E-state index in [0.29, 0.717) is 16.9 Å². The van der Waals surface area contributed by atoms with Crippen LogP contribution in [0.1, 0.15) is 20.7 Å². The van der Waals surface area contributed by atoms with E-state index in [0.717, 1.165) is 17.5 Å². The number of rotatable bonds is 4. The van der Waals surface area contributed by atoms with Gasteiger partial charge in [0.05, 0.1) is 11.1 Å². The van der Waals surface area contributed by atoms with Crippen molar-refractivity contribution < 1.29 is 9.59 Å². The van der Waals surface area contributed by atoms with Gasteiger partial charge >= 0.3 is 0 Å². The van der Waals surface area contributed by atoms with Crippen LogP contribution < -0.4 is 0 Å². The smallest absolute Gasteiger partial charge is 0.268 e. The number of amides is 2. The molecule has 0 bridgehead atoms. The van der Waals surface area contributed by atoms with Crippen LogP contribution in [0.2, 0.25) is 0 Å². The predicted molar refractivity (Wildman–Crippen MR) is 68.7 cm³/mol. The minimum atomic E-state index is -0.257. The summed E-state index contributed by atoms with van der Waals surface area (Å²) in [6, 6.07) is 6.83. The van der Waals surface area contributed by atoms with Crippen molar-refractivity contribution in [2.75, 3.05) is 5.75 Å². The van der Waals surface area contributed by atoms with Gasteiger partial charge in [-0.2, -0.15) is 0 Å². The fourth-order valence-electron chi connectivity index (χ4n) is 1.49. The van der Waals surface area contributed by atoms with E-state index in [1.165, 1.54) is 4.31 Å². The average molecular weight is 245 g/mol. The van der Waals surface area contributed by atoms with Gasteiger partial charge in [0.2, 0.25) is 0 Å². The molecule has 1 aromatic rings. The standard InChI is InChI=1S/C13H11NO2S/c1-3-9(2)8-17-14-12(15)10-6-4-5-7-11(10)13(14)16/h3-7H,1-2,8H2. The largest absolute Gasteiger partial charge is 0.271 e. The fourth-order valence-corrected chi connectivity index (χ4v) is 2.33. The van der Waals surface area contributed by atoms with Crippen molar-refractivity contribution in [3.05, 3.63) is 60.2 Å². The number of benzene rings is 1. The summed E-state index contributed by atoms with van der Waals surface area (Å²) < 4.78 is 1.18. The molecule has 0 radical (unpaired) electrons. The van der Waals surface area contributed by atoms with Gasteiger partial charge in [-0.05, 0) is 29.7 Å². The molecule has 17 heavy (non-hydrogen) atoms. The van der Waals surface area contributed by atoms with E-state index in [4.69, 9.17) is 0 Å². The highest BCUT2D eigenvalue weighted by atomic mass is 32.2. The highest BCUT2D eigenvalue weighted by molar-refractivity contribution is 7.98. The molecule has 1 aliphatic rings. The highest BCUT2D eigenvalue weighted by Gasteiger charge is 2.35. The van der Waals surface area contributed by atoms with Gasteiger partial charge in [0.1, 0.15) is 0 Å². The van der Waals surface area contributed by atoms with E-state index < -0.39 is 0 Å². The number of hydrogen-bond acceptors (Lipinski definition) is 3. The van der Waals surface area contributed by atoms with Crippen molar-refractivity contribution in [1.82, 2.24) is 4.31 Å². The molecule has 0 spiro atoms. The quantitative estimate of drug-likeness (QED) is 0.465. The minimum absolute atomic E-state index is 0.257. The van der Waals surface area contributed by atoms with Crippen LogP contribution in [0.4, 0.5) is 0 Å². The van der Waals surface area contributed by atoms with Crippen LogP contribution in [0.25, 0.3) is 0 Å². The summed E-state index contributed by atoms with van der Waals surface area (Å²) in [6.07, 6.45) is 1.62. The zero-order valence-corrected chi connectivity index (χ0v) is 10.00. The molecule has 2 rings (SSSR count). The Labute approximate surface area is 104 Å². The third-order valence-electron chi connectivity index (χ3n) is 2.42. The number of carbonyl (C=O) groups excluding carboxylic acids is 2. The molecular weight excluding hydrogens is 234 g/mol. The first kappa shape index (κ1) is 11.7. The van der Waals surface area contributed by atoms with Crippen molar-refractivity contribution in [3.8, 4) is 0 Å². The molecule has 0 unspecified atom stereocenters. The Morgan fingerprint density at radius 3 is 2.24 bits per heavy atom. The monoisotopic (exact) mass is 245 g/mol. The van der Waals surface area contributed by atoms with Crippen LogP contribution in [0.15, 0.2) is 49.1 Å². The number of fused-ring (bicyclic) bond motifs is 1. The Bertz CT molecular complexity index is 487. The Hall–Kier alpha value is -1.81. The maximum atomic E-state index is 11.9. The Kier molecular flexibility index (Phi) is 3.15. The summed E-state index contributed by atoms with van der Waals surface area (Å²) >= 11 is 1.15. The summed E-state index contributed by atoms with van der Waals surface area (Å²) in [4.78, 5) is 23.9. The van der Waals surface area contributed by atoms with Crippen LogP contribution >= 0.6 is 11.9 Å². The van der Waals surface area contributed by atoms with Crippen LogP contribution in [-0.4, -0.2) is 21.9 Å². The summed E-state index contributed by atoms with van der Waals surface area (Å²) in [5, 5.41) is 0. The molecule has 0 atom stereocenters. The minimum Gasteiger partial charge on any atom is -0.268 e. The van der Waals surface area contributed by atoms with E-state index in [1.807, 2.05) is 0 Å². The first-order chi connectivity index (χ1) is 8.15. The van der Waals surface area contributed by atoms with Crippen LogP contribution in [0.5, 0.6) is 0 Å². The van der Waals surface area contributed by atoms with Gasteiger partial charge in [-0.1, -0.05) is 31.4 Å². The van der Waals surface area contributed by atoms with E-state index in [2.05, 4.69) is 13.2 Å². The molecule has 1 aliphatic heterocycles. The second kappa shape index (κ2) is 4.59. The molecule has 0 aromatic heterocycles. The van der Waals surface area contributed by atoms with Gasteiger partial charge < -0.3 is 0 Å². The van der Waals surface area contributed by atoms with Crippen molar-refractivity contribution in [3.63, 3.8) is 0 Å². The van der Waals surface area contributed by atoms with Crippen molar-refractivity contribution in [2.24, 2.45) is 0 Å². The van der Waals surface area contributed by atoms with Crippen LogP contribution in [-0.2, 0) is 0 Å². The summed E-state index contributed by atoms with van der Waals surface area (Å²) in [7, 11) is 0. The first-order valence-electron chi connectivity index (χ1n) is 5.06. The molecular formula is C13H11NO2S. The Morgan fingerprint density at radius 2 is 1.76 bits per heavy atom. The molecule has 3 nitrogen and oxygen atoms in total. The Morgan fingerprint density at radius 1 is 1.24 bits per heavy atom. The molecule has 0 N–H and O–H groups in total. The van der Waals surface area contributed by atoms with Gasteiger partial charge in [0.25, 0.3) is 11.8 Å². The lowest BCUT2D eigenvalue weighted by atomic mass is 10.1. The maximum absolute atomic E-state index is 11.9.